The highest BCUT2D eigenvalue weighted by Crippen LogP contribution is 2.38. The molecule has 0 atom stereocenters. The number of rotatable bonds is 7. The van der Waals surface area contributed by atoms with E-state index in [9.17, 15) is 9.59 Å². The molecule has 0 radical (unpaired) electrons. The fourth-order valence-corrected chi connectivity index (χ4v) is 5.48. The van der Waals surface area contributed by atoms with Gasteiger partial charge in [-0.3, -0.25) is 9.69 Å². The van der Waals surface area contributed by atoms with Gasteiger partial charge in [-0.2, -0.15) is 0 Å². The van der Waals surface area contributed by atoms with Crippen LogP contribution in [0.3, 0.4) is 0 Å². The van der Waals surface area contributed by atoms with Gasteiger partial charge in [0.05, 0.1) is 18.1 Å². The summed E-state index contributed by atoms with van der Waals surface area (Å²) >= 11 is 1.50. The maximum absolute atomic E-state index is 13.6. The number of anilines is 1. The molecule has 166 valence electrons. The quantitative estimate of drug-likeness (QED) is 0.513. The van der Waals surface area contributed by atoms with Gasteiger partial charge in [-0.1, -0.05) is 67.6 Å². The zero-order valence-electron chi connectivity index (χ0n) is 18.5. The van der Waals surface area contributed by atoms with E-state index in [0.29, 0.717) is 17.2 Å². The highest BCUT2D eigenvalue weighted by Gasteiger charge is 2.31. The Morgan fingerprint density at radius 3 is 2.22 bits per heavy atom. The number of hydrogen-bond acceptors (Lipinski definition) is 5. The summed E-state index contributed by atoms with van der Waals surface area (Å²) in [6.45, 7) is 6.88. The lowest BCUT2D eigenvalue weighted by molar-refractivity contribution is -0.116. The summed E-state index contributed by atoms with van der Waals surface area (Å²) in [6.07, 6.45) is 0.782. The molecular weight excluding hydrogens is 420 g/mol. The Kier molecular flexibility index (Phi) is 7.02. The third kappa shape index (κ3) is 4.61. The summed E-state index contributed by atoms with van der Waals surface area (Å²) in [5.74, 6) is -0.987. The highest BCUT2D eigenvalue weighted by molar-refractivity contribution is 7.17. The van der Waals surface area contributed by atoms with E-state index < -0.39 is 5.92 Å². The van der Waals surface area contributed by atoms with E-state index in [1.165, 1.54) is 11.3 Å². The molecule has 32 heavy (non-hydrogen) atoms. The minimum atomic E-state index is -0.473. The highest BCUT2D eigenvalue weighted by atomic mass is 32.1. The first-order valence-corrected chi connectivity index (χ1v) is 11.9. The minimum absolute atomic E-state index is 0.154. The van der Waals surface area contributed by atoms with Gasteiger partial charge in [0.2, 0.25) is 5.91 Å². The minimum Gasteiger partial charge on any atom is -0.462 e. The molecule has 1 amide bonds. The number of nitrogens with zero attached hydrogens (tertiary/aromatic N) is 1. The number of benzene rings is 2. The predicted molar refractivity (Wildman–Crippen MR) is 128 cm³/mol. The lowest BCUT2D eigenvalue weighted by Crippen LogP contribution is -2.30. The van der Waals surface area contributed by atoms with Gasteiger partial charge < -0.3 is 10.1 Å². The number of esters is 1. The molecule has 0 saturated heterocycles. The second-order valence-electron chi connectivity index (χ2n) is 7.79. The number of likely N-dealkylation sites (N-methyl/N-ethyl adjacent to an activating group) is 1. The summed E-state index contributed by atoms with van der Waals surface area (Å²) in [6, 6.07) is 19.5. The van der Waals surface area contributed by atoms with Crippen molar-refractivity contribution in [3.05, 3.63) is 87.8 Å². The topological polar surface area (TPSA) is 58.6 Å². The Balaban J connectivity index is 1.71. The third-order valence-electron chi connectivity index (χ3n) is 5.83. The van der Waals surface area contributed by atoms with Gasteiger partial charge in [0.1, 0.15) is 5.00 Å². The van der Waals surface area contributed by atoms with Crippen molar-refractivity contribution in [3.8, 4) is 0 Å². The van der Waals surface area contributed by atoms with E-state index in [-0.39, 0.29) is 11.9 Å². The first kappa shape index (κ1) is 22.2. The Labute approximate surface area is 193 Å². The first-order valence-electron chi connectivity index (χ1n) is 11.1. The fourth-order valence-electron chi connectivity index (χ4n) is 4.20. The molecule has 5 nitrogen and oxygen atoms in total. The first-order chi connectivity index (χ1) is 15.6. The van der Waals surface area contributed by atoms with Crippen LogP contribution >= 0.6 is 11.3 Å². The summed E-state index contributed by atoms with van der Waals surface area (Å²) in [5, 5.41) is 3.69. The van der Waals surface area contributed by atoms with E-state index in [0.717, 1.165) is 47.6 Å². The maximum atomic E-state index is 13.6. The smallest absolute Gasteiger partial charge is 0.341 e. The molecule has 1 N–H and O–H groups in total. The fraction of sp³-hybridized carbons (Fsp3) is 0.308. The van der Waals surface area contributed by atoms with Crippen LogP contribution < -0.4 is 5.32 Å². The average Bonchev–Trinajstić information content (AvgIpc) is 3.17. The molecular formula is C26H28N2O3S. The van der Waals surface area contributed by atoms with Crippen LogP contribution in [0.25, 0.3) is 0 Å². The van der Waals surface area contributed by atoms with Crippen molar-refractivity contribution in [1.29, 1.82) is 0 Å². The van der Waals surface area contributed by atoms with Crippen molar-refractivity contribution in [2.75, 3.05) is 25.0 Å². The third-order valence-corrected chi connectivity index (χ3v) is 6.96. The van der Waals surface area contributed by atoms with Crippen molar-refractivity contribution in [2.24, 2.45) is 0 Å². The molecule has 0 aliphatic carbocycles. The van der Waals surface area contributed by atoms with Crippen LogP contribution in [0.2, 0.25) is 0 Å². The standard InChI is InChI=1S/C26H28N2O3S/c1-3-28-16-15-20-21(17-28)32-25(23(20)26(30)31-4-2)27-24(29)22(18-11-7-5-8-12-18)19-13-9-6-10-14-19/h5-14,22H,3-4,15-17H2,1-2H3,(H,27,29). The second-order valence-corrected chi connectivity index (χ2v) is 8.90. The van der Waals surface area contributed by atoms with Gasteiger partial charge in [-0.15, -0.1) is 11.3 Å². The van der Waals surface area contributed by atoms with Crippen molar-refractivity contribution in [2.45, 2.75) is 32.7 Å². The van der Waals surface area contributed by atoms with Gasteiger partial charge in [-0.25, -0.2) is 4.79 Å². The average molecular weight is 449 g/mol. The van der Waals surface area contributed by atoms with Crippen molar-refractivity contribution in [3.63, 3.8) is 0 Å². The number of nitrogens with one attached hydrogen (secondary N) is 1. The van der Waals surface area contributed by atoms with E-state index in [4.69, 9.17) is 4.74 Å². The molecule has 2 aromatic carbocycles. The molecule has 1 aromatic heterocycles. The molecule has 4 rings (SSSR count). The molecule has 0 fully saturated rings. The molecule has 3 aromatic rings. The van der Waals surface area contributed by atoms with Crippen LogP contribution in [0.15, 0.2) is 60.7 Å². The maximum Gasteiger partial charge on any atom is 0.341 e. The van der Waals surface area contributed by atoms with Crippen LogP contribution in [-0.4, -0.2) is 36.5 Å². The zero-order valence-corrected chi connectivity index (χ0v) is 19.3. The lowest BCUT2D eigenvalue weighted by Gasteiger charge is -2.25. The SMILES string of the molecule is CCOC(=O)c1c(NC(=O)C(c2ccccc2)c2ccccc2)sc2c1CCN(CC)C2. The van der Waals surface area contributed by atoms with Crippen LogP contribution in [0.1, 0.15) is 51.7 Å². The number of carbonyl (C=O) groups excluding carboxylic acids is 2. The van der Waals surface area contributed by atoms with E-state index in [1.807, 2.05) is 60.7 Å². The largest absolute Gasteiger partial charge is 0.462 e. The van der Waals surface area contributed by atoms with E-state index >= 15 is 0 Å². The van der Waals surface area contributed by atoms with E-state index in [1.54, 1.807) is 6.92 Å². The molecule has 6 heteroatoms. The van der Waals surface area contributed by atoms with E-state index in [2.05, 4.69) is 17.1 Å². The second kappa shape index (κ2) is 10.1. The normalized spacial score (nSPS) is 13.6. The Hall–Kier alpha value is -2.96. The van der Waals surface area contributed by atoms with Gasteiger partial charge in [-0.05, 0) is 36.6 Å². The van der Waals surface area contributed by atoms with Gasteiger partial charge >= 0.3 is 5.97 Å². The Morgan fingerprint density at radius 1 is 1.03 bits per heavy atom. The zero-order chi connectivity index (χ0) is 22.5. The summed E-state index contributed by atoms with van der Waals surface area (Å²) in [5.41, 5.74) is 3.36. The van der Waals surface area contributed by atoms with Crippen molar-refractivity contribution in [1.82, 2.24) is 4.90 Å². The van der Waals surface area contributed by atoms with Crippen molar-refractivity contribution < 1.29 is 14.3 Å². The Bertz CT molecular complexity index is 1040. The number of amides is 1. The monoisotopic (exact) mass is 448 g/mol. The van der Waals surface area contributed by atoms with Crippen LogP contribution in [0.4, 0.5) is 5.00 Å². The number of hydrogen-bond donors (Lipinski definition) is 1. The van der Waals surface area contributed by atoms with Gasteiger partial charge in [0.25, 0.3) is 0 Å². The molecule has 1 aliphatic rings. The number of thiophene rings is 1. The number of carbonyl (C=O) groups is 2. The molecule has 0 bridgehead atoms. The van der Waals surface area contributed by atoms with Crippen LogP contribution in [0, 0.1) is 0 Å². The lowest BCUT2D eigenvalue weighted by atomic mass is 9.90. The van der Waals surface area contributed by atoms with Gasteiger partial charge in [0, 0.05) is 18.0 Å². The molecule has 0 saturated carbocycles. The molecule has 2 heterocycles. The van der Waals surface area contributed by atoms with Gasteiger partial charge in [0.15, 0.2) is 0 Å². The summed E-state index contributed by atoms with van der Waals surface area (Å²) in [7, 11) is 0. The van der Waals surface area contributed by atoms with Crippen LogP contribution in [-0.2, 0) is 22.5 Å². The number of fused-ring (bicyclic) bond motifs is 1. The molecule has 0 spiro atoms. The summed E-state index contributed by atoms with van der Waals surface area (Å²) in [4.78, 5) is 29.9. The Morgan fingerprint density at radius 2 is 1.66 bits per heavy atom. The van der Waals surface area contributed by atoms with Crippen LogP contribution in [0.5, 0.6) is 0 Å². The predicted octanol–water partition coefficient (Wildman–Crippen LogP) is 5.07. The summed E-state index contributed by atoms with van der Waals surface area (Å²) < 4.78 is 5.36. The number of ether oxygens (including phenoxy) is 1. The van der Waals surface area contributed by atoms with Crippen molar-refractivity contribution >= 4 is 28.2 Å². The molecule has 1 aliphatic heterocycles. The molecule has 0 unspecified atom stereocenters.